The third-order valence-electron chi connectivity index (χ3n) is 1.85. The average Bonchev–Trinajstić information content (AvgIpc) is 2.03. The van der Waals surface area contributed by atoms with Crippen molar-refractivity contribution in [2.45, 2.75) is 38.8 Å². The molecule has 0 aromatic rings. The van der Waals surface area contributed by atoms with Crippen LogP contribution < -0.4 is 11.1 Å². The van der Waals surface area contributed by atoms with Crippen molar-refractivity contribution in [1.29, 1.82) is 0 Å². The van der Waals surface area contributed by atoms with Crippen LogP contribution in [0.2, 0.25) is 0 Å². The van der Waals surface area contributed by atoms with E-state index in [2.05, 4.69) is 12.2 Å². The summed E-state index contributed by atoms with van der Waals surface area (Å²) in [6.45, 7) is 6.06. The highest BCUT2D eigenvalue weighted by Gasteiger charge is 1.97. The fourth-order valence-electron chi connectivity index (χ4n) is 0.938. The predicted octanol–water partition coefficient (Wildman–Crippen LogP) is 0.738. The molecule has 0 aromatic carbocycles. The van der Waals surface area contributed by atoms with Crippen LogP contribution in [-0.2, 0) is 4.74 Å². The number of ether oxygens (including phenoxy) is 1. The van der Waals surface area contributed by atoms with Crippen molar-refractivity contribution in [3.8, 4) is 0 Å². The third kappa shape index (κ3) is 7.98. The molecule has 12 heavy (non-hydrogen) atoms. The summed E-state index contributed by atoms with van der Waals surface area (Å²) in [5, 5.41) is 3.31. The highest BCUT2D eigenvalue weighted by molar-refractivity contribution is 4.57. The molecular weight excluding hydrogens is 152 g/mol. The van der Waals surface area contributed by atoms with Crippen molar-refractivity contribution in [2.75, 3.05) is 20.2 Å². The van der Waals surface area contributed by atoms with Gasteiger partial charge in [0.1, 0.15) is 0 Å². The number of methoxy groups -OCH3 is 1. The third-order valence-corrected chi connectivity index (χ3v) is 1.85. The second-order valence-electron chi connectivity index (χ2n) is 3.37. The number of rotatable bonds is 7. The molecule has 0 bridgehead atoms. The van der Waals surface area contributed by atoms with E-state index in [0.717, 1.165) is 25.9 Å². The molecule has 74 valence electrons. The van der Waals surface area contributed by atoms with Gasteiger partial charge in [0.2, 0.25) is 0 Å². The lowest BCUT2D eigenvalue weighted by molar-refractivity contribution is 0.117. The fraction of sp³-hybridized carbons (Fsp3) is 1.00. The van der Waals surface area contributed by atoms with Crippen molar-refractivity contribution in [1.82, 2.24) is 5.32 Å². The van der Waals surface area contributed by atoms with Crippen LogP contribution in [0, 0.1) is 0 Å². The Hall–Kier alpha value is -0.120. The Morgan fingerprint density at radius 2 is 2.08 bits per heavy atom. The highest BCUT2D eigenvalue weighted by Crippen LogP contribution is 1.91. The normalized spacial score (nSPS) is 16.0. The smallest absolute Gasteiger partial charge is 0.0667 e. The van der Waals surface area contributed by atoms with Crippen LogP contribution in [0.3, 0.4) is 0 Å². The lowest BCUT2D eigenvalue weighted by Crippen LogP contribution is -2.27. The summed E-state index contributed by atoms with van der Waals surface area (Å²) in [5.74, 6) is 0. The Balaban J connectivity index is 3.00. The lowest BCUT2D eigenvalue weighted by atomic mass is 10.2. The molecule has 0 radical (unpaired) electrons. The van der Waals surface area contributed by atoms with E-state index >= 15 is 0 Å². The first-order valence-electron chi connectivity index (χ1n) is 4.66. The van der Waals surface area contributed by atoms with Crippen molar-refractivity contribution >= 4 is 0 Å². The van der Waals surface area contributed by atoms with Crippen LogP contribution in [0.15, 0.2) is 0 Å². The van der Waals surface area contributed by atoms with E-state index in [9.17, 15) is 0 Å². The molecular formula is C9H22N2O. The number of hydrogen-bond acceptors (Lipinski definition) is 3. The summed E-state index contributed by atoms with van der Waals surface area (Å²) < 4.78 is 5.09. The lowest BCUT2D eigenvalue weighted by Gasteiger charge is -2.10. The minimum atomic E-state index is 0.306. The summed E-state index contributed by atoms with van der Waals surface area (Å²) in [4.78, 5) is 0. The molecule has 0 saturated carbocycles. The first-order chi connectivity index (χ1) is 5.66. The molecule has 0 aliphatic heterocycles. The molecule has 0 aliphatic carbocycles. The van der Waals surface area contributed by atoms with Gasteiger partial charge in [0.15, 0.2) is 0 Å². The summed E-state index contributed by atoms with van der Waals surface area (Å²) >= 11 is 0. The van der Waals surface area contributed by atoms with Crippen LogP contribution in [0.1, 0.15) is 26.7 Å². The second-order valence-corrected chi connectivity index (χ2v) is 3.37. The molecule has 3 N–H and O–H groups in total. The maximum absolute atomic E-state index is 5.61. The number of hydrogen-bond donors (Lipinski definition) is 2. The first-order valence-corrected chi connectivity index (χ1v) is 4.66. The molecule has 0 rings (SSSR count). The van der Waals surface area contributed by atoms with Gasteiger partial charge < -0.3 is 15.8 Å². The molecule has 0 amide bonds. The zero-order valence-corrected chi connectivity index (χ0v) is 8.47. The van der Waals surface area contributed by atoms with Crippen molar-refractivity contribution in [3.63, 3.8) is 0 Å². The Kier molecular flexibility index (Phi) is 7.45. The molecule has 2 unspecified atom stereocenters. The molecule has 3 nitrogen and oxygen atoms in total. The van der Waals surface area contributed by atoms with Gasteiger partial charge >= 0.3 is 0 Å². The maximum atomic E-state index is 5.61. The second kappa shape index (κ2) is 7.53. The van der Waals surface area contributed by atoms with Gasteiger partial charge in [0, 0.05) is 19.7 Å². The summed E-state index contributed by atoms with van der Waals surface area (Å²) in [5.41, 5.74) is 5.61. The standard InChI is InChI=1S/C9H22N2O/c1-8(10)5-4-6-11-7-9(2)12-3/h8-9,11H,4-7,10H2,1-3H3. The van der Waals surface area contributed by atoms with Crippen LogP contribution in [0.4, 0.5) is 0 Å². The molecule has 0 heterocycles. The van der Waals surface area contributed by atoms with E-state index in [1.54, 1.807) is 7.11 Å². The molecule has 3 heteroatoms. The Bertz CT molecular complexity index is 96.5. The quantitative estimate of drug-likeness (QED) is 0.560. The molecule has 0 aromatic heterocycles. The van der Waals surface area contributed by atoms with E-state index in [1.807, 2.05) is 6.92 Å². The van der Waals surface area contributed by atoms with E-state index in [1.165, 1.54) is 0 Å². The molecule has 0 aliphatic rings. The zero-order chi connectivity index (χ0) is 9.40. The van der Waals surface area contributed by atoms with E-state index < -0.39 is 0 Å². The van der Waals surface area contributed by atoms with E-state index in [-0.39, 0.29) is 0 Å². The summed E-state index contributed by atoms with van der Waals surface area (Å²) in [6, 6.07) is 0.326. The summed E-state index contributed by atoms with van der Waals surface area (Å²) in [6.07, 6.45) is 2.54. The largest absolute Gasteiger partial charge is 0.380 e. The summed E-state index contributed by atoms with van der Waals surface area (Å²) in [7, 11) is 1.73. The molecule has 0 fully saturated rings. The van der Waals surface area contributed by atoms with Crippen molar-refractivity contribution < 1.29 is 4.74 Å². The van der Waals surface area contributed by atoms with Gasteiger partial charge in [-0.05, 0) is 33.2 Å². The van der Waals surface area contributed by atoms with Crippen molar-refractivity contribution in [3.05, 3.63) is 0 Å². The predicted molar refractivity (Wildman–Crippen MR) is 52.2 cm³/mol. The maximum Gasteiger partial charge on any atom is 0.0667 e. The van der Waals surface area contributed by atoms with Gasteiger partial charge in [0.05, 0.1) is 6.10 Å². The highest BCUT2D eigenvalue weighted by atomic mass is 16.5. The topological polar surface area (TPSA) is 47.3 Å². The van der Waals surface area contributed by atoms with Crippen molar-refractivity contribution in [2.24, 2.45) is 5.73 Å². The number of nitrogens with two attached hydrogens (primary N) is 1. The Morgan fingerprint density at radius 1 is 1.42 bits per heavy atom. The van der Waals surface area contributed by atoms with E-state index in [0.29, 0.717) is 12.1 Å². The molecule has 2 atom stereocenters. The fourth-order valence-corrected chi connectivity index (χ4v) is 0.938. The SMILES string of the molecule is COC(C)CNCCCC(C)N. The van der Waals surface area contributed by atoms with Gasteiger partial charge in [-0.15, -0.1) is 0 Å². The van der Waals surface area contributed by atoms with Crippen LogP contribution >= 0.6 is 0 Å². The minimum Gasteiger partial charge on any atom is -0.380 e. The molecule has 0 saturated heterocycles. The molecule has 0 spiro atoms. The monoisotopic (exact) mass is 174 g/mol. The van der Waals surface area contributed by atoms with Gasteiger partial charge in [0.25, 0.3) is 0 Å². The van der Waals surface area contributed by atoms with Crippen LogP contribution in [0.25, 0.3) is 0 Å². The Morgan fingerprint density at radius 3 is 2.58 bits per heavy atom. The average molecular weight is 174 g/mol. The Labute approximate surface area is 75.7 Å². The van der Waals surface area contributed by atoms with Gasteiger partial charge in [-0.3, -0.25) is 0 Å². The zero-order valence-electron chi connectivity index (χ0n) is 8.47. The minimum absolute atomic E-state index is 0.306. The van der Waals surface area contributed by atoms with Gasteiger partial charge in [-0.2, -0.15) is 0 Å². The van der Waals surface area contributed by atoms with Crippen LogP contribution in [-0.4, -0.2) is 32.3 Å². The van der Waals surface area contributed by atoms with E-state index in [4.69, 9.17) is 10.5 Å². The van der Waals surface area contributed by atoms with Gasteiger partial charge in [-0.1, -0.05) is 0 Å². The van der Waals surface area contributed by atoms with Crippen LogP contribution in [0.5, 0.6) is 0 Å². The van der Waals surface area contributed by atoms with Gasteiger partial charge in [-0.25, -0.2) is 0 Å². The number of nitrogens with one attached hydrogen (secondary N) is 1. The first kappa shape index (κ1) is 11.9.